The summed E-state index contributed by atoms with van der Waals surface area (Å²) in [6.07, 6.45) is 6.81. The SMILES string of the molecule is O=C(NCc1cccnc1)C1CC12CCN(Cc1nc(-c3ccccc3)cs1)CC2. The van der Waals surface area contributed by atoms with Gasteiger partial charge in [-0.3, -0.25) is 14.7 Å². The van der Waals surface area contributed by atoms with Gasteiger partial charge in [0.2, 0.25) is 5.91 Å². The summed E-state index contributed by atoms with van der Waals surface area (Å²) in [7, 11) is 0. The lowest BCUT2D eigenvalue weighted by atomic mass is 9.90. The van der Waals surface area contributed by atoms with E-state index in [0.29, 0.717) is 6.54 Å². The number of carbonyl (C=O) groups excluding carboxylic acids is 1. The number of likely N-dealkylation sites (tertiary alicyclic amines) is 1. The third kappa shape index (κ3) is 4.16. The van der Waals surface area contributed by atoms with Crippen molar-refractivity contribution in [2.75, 3.05) is 13.1 Å². The number of carbonyl (C=O) groups is 1. The fraction of sp³-hybridized carbons (Fsp3) is 0.375. The van der Waals surface area contributed by atoms with E-state index in [4.69, 9.17) is 4.98 Å². The van der Waals surface area contributed by atoms with Crippen LogP contribution in [0.15, 0.2) is 60.2 Å². The molecule has 6 heteroatoms. The molecule has 2 aliphatic rings. The predicted octanol–water partition coefficient (Wildman–Crippen LogP) is 4.12. The summed E-state index contributed by atoms with van der Waals surface area (Å²) in [5.74, 6) is 0.389. The minimum Gasteiger partial charge on any atom is -0.352 e. The predicted molar refractivity (Wildman–Crippen MR) is 119 cm³/mol. The summed E-state index contributed by atoms with van der Waals surface area (Å²) >= 11 is 1.74. The summed E-state index contributed by atoms with van der Waals surface area (Å²) in [5, 5.41) is 6.43. The highest BCUT2D eigenvalue weighted by Crippen LogP contribution is 2.59. The molecule has 1 aliphatic heterocycles. The maximum absolute atomic E-state index is 12.6. The summed E-state index contributed by atoms with van der Waals surface area (Å²) in [5.41, 5.74) is 3.52. The van der Waals surface area contributed by atoms with Gasteiger partial charge in [-0.1, -0.05) is 36.4 Å². The molecule has 30 heavy (non-hydrogen) atoms. The number of hydrogen-bond donors (Lipinski definition) is 1. The molecule has 5 nitrogen and oxygen atoms in total. The lowest BCUT2D eigenvalue weighted by molar-refractivity contribution is -0.123. The number of nitrogens with zero attached hydrogens (tertiary/aromatic N) is 3. The molecular weight excluding hydrogens is 392 g/mol. The van der Waals surface area contributed by atoms with Gasteiger partial charge in [0, 0.05) is 35.8 Å². The number of hydrogen-bond acceptors (Lipinski definition) is 5. The Morgan fingerprint density at radius 2 is 2.00 bits per heavy atom. The van der Waals surface area contributed by atoms with E-state index in [1.165, 1.54) is 10.6 Å². The maximum atomic E-state index is 12.6. The van der Waals surface area contributed by atoms with E-state index in [9.17, 15) is 4.79 Å². The number of amides is 1. The zero-order valence-electron chi connectivity index (χ0n) is 17.0. The molecule has 1 amide bonds. The van der Waals surface area contributed by atoms with Crippen LogP contribution in [0.2, 0.25) is 0 Å². The van der Waals surface area contributed by atoms with E-state index in [1.54, 1.807) is 17.5 Å². The van der Waals surface area contributed by atoms with E-state index in [2.05, 4.69) is 44.8 Å². The van der Waals surface area contributed by atoms with Crippen LogP contribution in [-0.4, -0.2) is 33.9 Å². The number of aromatic nitrogens is 2. The van der Waals surface area contributed by atoms with Crippen LogP contribution in [0.5, 0.6) is 0 Å². The largest absolute Gasteiger partial charge is 0.352 e. The van der Waals surface area contributed by atoms with Crippen LogP contribution in [0.3, 0.4) is 0 Å². The number of piperidine rings is 1. The lowest BCUT2D eigenvalue weighted by Crippen LogP contribution is -2.36. The van der Waals surface area contributed by atoms with Crippen LogP contribution >= 0.6 is 11.3 Å². The van der Waals surface area contributed by atoms with E-state index in [-0.39, 0.29) is 17.2 Å². The molecule has 1 aliphatic carbocycles. The number of nitrogens with one attached hydrogen (secondary N) is 1. The highest BCUT2D eigenvalue weighted by atomic mass is 32.1. The van der Waals surface area contributed by atoms with Gasteiger partial charge >= 0.3 is 0 Å². The number of pyridine rings is 1. The van der Waals surface area contributed by atoms with Crippen molar-refractivity contribution in [1.29, 1.82) is 0 Å². The average Bonchev–Trinajstić information content (AvgIpc) is 3.29. The first-order valence-electron chi connectivity index (χ1n) is 10.6. The second-order valence-electron chi connectivity index (χ2n) is 8.47. The fourth-order valence-corrected chi connectivity index (χ4v) is 5.40. The van der Waals surface area contributed by atoms with E-state index < -0.39 is 0 Å². The molecule has 1 N–H and O–H groups in total. The zero-order chi connectivity index (χ0) is 20.4. The fourth-order valence-electron chi connectivity index (χ4n) is 4.56. The van der Waals surface area contributed by atoms with E-state index in [1.807, 2.05) is 24.4 Å². The van der Waals surface area contributed by atoms with Crippen molar-refractivity contribution in [3.63, 3.8) is 0 Å². The molecule has 1 unspecified atom stereocenters. The Hall–Kier alpha value is -2.57. The normalized spacial score (nSPS) is 20.2. The Balaban J connectivity index is 1.10. The second-order valence-corrected chi connectivity index (χ2v) is 9.41. The van der Waals surface area contributed by atoms with Gasteiger partial charge in [0.1, 0.15) is 5.01 Å². The average molecular weight is 419 g/mol. The van der Waals surface area contributed by atoms with Crippen molar-refractivity contribution in [1.82, 2.24) is 20.2 Å². The summed E-state index contributed by atoms with van der Waals surface area (Å²) in [4.78, 5) is 24.0. The first-order chi connectivity index (χ1) is 14.7. The highest BCUT2D eigenvalue weighted by Gasteiger charge is 2.58. The molecule has 0 radical (unpaired) electrons. The minimum atomic E-state index is 0.181. The van der Waals surface area contributed by atoms with Gasteiger partial charge in [-0.15, -0.1) is 11.3 Å². The quantitative estimate of drug-likeness (QED) is 0.654. The van der Waals surface area contributed by atoms with Crippen molar-refractivity contribution in [2.45, 2.75) is 32.4 Å². The number of thiazole rings is 1. The van der Waals surface area contributed by atoms with Gasteiger partial charge in [-0.2, -0.15) is 0 Å². The van der Waals surface area contributed by atoms with Crippen LogP contribution in [0, 0.1) is 11.3 Å². The first kappa shape index (κ1) is 19.4. The third-order valence-electron chi connectivity index (χ3n) is 6.53. The first-order valence-corrected chi connectivity index (χ1v) is 11.5. The van der Waals surface area contributed by atoms with Crippen LogP contribution in [0.1, 0.15) is 29.8 Å². The van der Waals surface area contributed by atoms with Crippen molar-refractivity contribution in [3.8, 4) is 11.3 Å². The maximum Gasteiger partial charge on any atom is 0.223 e. The standard InChI is InChI=1S/C24H26N4OS/c29-23(26-15-18-5-4-10-25-14-18)20-13-24(20)8-11-28(12-9-24)16-22-27-21(17-30-22)19-6-2-1-3-7-19/h1-7,10,14,17,20H,8-9,11-13,15-16H2,(H,26,29). The topological polar surface area (TPSA) is 58.1 Å². The van der Waals surface area contributed by atoms with Crippen molar-refractivity contribution in [2.24, 2.45) is 11.3 Å². The molecule has 2 aromatic heterocycles. The molecule has 1 spiro atoms. The van der Waals surface area contributed by atoms with Crippen molar-refractivity contribution >= 4 is 17.2 Å². The molecule has 1 saturated heterocycles. The Labute approximate surface area is 181 Å². The van der Waals surface area contributed by atoms with Gasteiger partial charge in [-0.25, -0.2) is 4.98 Å². The van der Waals surface area contributed by atoms with Crippen molar-refractivity contribution < 1.29 is 4.79 Å². The number of benzene rings is 1. The van der Waals surface area contributed by atoms with Gasteiger partial charge in [0.05, 0.1) is 12.2 Å². The Kier molecular flexibility index (Phi) is 5.35. The molecule has 3 heterocycles. The summed E-state index contributed by atoms with van der Waals surface area (Å²) in [6.45, 7) is 3.57. The molecule has 2 fully saturated rings. The van der Waals surface area contributed by atoms with Crippen LogP contribution < -0.4 is 5.32 Å². The highest BCUT2D eigenvalue weighted by molar-refractivity contribution is 7.09. The molecule has 154 valence electrons. The van der Waals surface area contributed by atoms with Crippen LogP contribution in [-0.2, 0) is 17.9 Å². The van der Waals surface area contributed by atoms with Crippen LogP contribution in [0.25, 0.3) is 11.3 Å². The lowest BCUT2D eigenvalue weighted by Gasteiger charge is -2.32. The Morgan fingerprint density at radius 1 is 1.17 bits per heavy atom. The van der Waals surface area contributed by atoms with Gasteiger partial charge in [-0.05, 0) is 49.4 Å². The third-order valence-corrected chi connectivity index (χ3v) is 7.36. The summed E-state index contributed by atoms with van der Waals surface area (Å²) in [6, 6.07) is 14.3. The van der Waals surface area contributed by atoms with E-state index >= 15 is 0 Å². The summed E-state index contributed by atoms with van der Waals surface area (Å²) < 4.78 is 0. The molecule has 1 aromatic carbocycles. The molecule has 5 rings (SSSR count). The van der Waals surface area contributed by atoms with Gasteiger partial charge < -0.3 is 5.32 Å². The van der Waals surface area contributed by atoms with E-state index in [0.717, 1.165) is 50.2 Å². The van der Waals surface area contributed by atoms with Crippen molar-refractivity contribution in [3.05, 3.63) is 70.8 Å². The van der Waals surface area contributed by atoms with Gasteiger partial charge in [0.15, 0.2) is 0 Å². The molecular formula is C24H26N4OS. The second kappa shape index (κ2) is 8.28. The Bertz CT molecular complexity index is 996. The zero-order valence-corrected chi connectivity index (χ0v) is 17.8. The monoisotopic (exact) mass is 418 g/mol. The smallest absolute Gasteiger partial charge is 0.223 e. The molecule has 3 aromatic rings. The molecule has 1 atom stereocenters. The Morgan fingerprint density at radius 3 is 2.77 bits per heavy atom. The number of rotatable bonds is 6. The minimum absolute atomic E-state index is 0.181. The molecule has 0 bridgehead atoms. The van der Waals surface area contributed by atoms with Gasteiger partial charge in [0.25, 0.3) is 0 Å². The van der Waals surface area contributed by atoms with Crippen LogP contribution in [0.4, 0.5) is 0 Å². The molecule has 1 saturated carbocycles.